The first-order chi connectivity index (χ1) is 16.4. The van der Waals surface area contributed by atoms with Crippen LogP contribution in [0.3, 0.4) is 0 Å². The Balaban J connectivity index is 1.84. The van der Waals surface area contributed by atoms with E-state index in [4.69, 9.17) is 4.74 Å². The third-order valence-corrected chi connectivity index (χ3v) is 5.99. The topological polar surface area (TPSA) is 51.2 Å². The van der Waals surface area contributed by atoms with E-state index in [1.54, 1.807) is 13.2 Å². The van der Waals surface area contributed by atoms with Gasteiger partial charge in [-0.1, -0.05) is 64.0 Å². The van der Waals surface area contributed by atoms with E-state index in [0.29, 0.717) is 5.92 Å². The SMILES string of the molecule is CCCCC/C(=C\C=C\C(=O)N[C@H](C)CCCc1ccc(C(C)C)nc1)c1ccc(OC)cc1. The number of hydrogen-bond donors (Lipinski definition) is 1. The molecular weight excluding hydrogens is 420 g/mol. The molecule has 184 valence electrons. The number of aryl methyl sites for hydroxylation is 1. The normalized spacial score (nSPS) is 12.8. The first-order valence-corrected chi connectivity index (χ1v) is 12.7. The summed E-state index contributed by atoms with van der Waals surface area (Å²) in [5.41, 5.74) is 4.80. The number of benzene rings is 1. The highest BCUT2D eigenvalue weighted by molar-refractivity contribution is 5.88. The molecule has 4 nitrogen and oxygen atoms in total. The maximum absolute atomic E-state index is 12.4. The summed E-state index contributed by atoms with van der Waals surface area (Å²) in [7, 11) is 1.68. The Bertz CT molecular complexity index is 912. The van der Waals surface area contributed by atoms with Crippen LogP contribution in [0.15, 0.2) is 60.8 Å². The molecule has 1 amide bonds. The van der Waals surface area contributed by atoms with E-state index in [1.807, 2.05) is 24.4 Å². The molecule has 1 aromatic carbocycles. The van der Waals surface area contributed by atoms with Gasteiger partial charge in [0.05, 0.1) is 7.11 Å². The highest BCUT2D eigenvalue weighted by Gasteiger charge is 2.06. The fraction of sp³-hybridized carbons (Fsp3) is 0.467. The van der Waals surface area contributed by atoms with Gasteiger partial charge < -0.3 is 10.1 Å². The van der Waals surface area contributed by atoms with Gasteiger partial charge >= 0.3 is 0 Å². The summed E-state index contributed by atoms with van der Waals surface area (Å²) in [5.74, 6) is 1.26. The standard InChI is InChI=1S/C30H42N2O2/c1-6-7-8-13-26(27-17-19-28(34-5)20-18-27)14-10-15-30(33)32-24(4)11-9-12-25-16-21-29(23(2)3)31-22-25/h10,14-24H,6-9,11-13H2,1-5H3,(H,32,33)/b15-10+,26-14+/t24-/m1/s1. The number of rotatable bonds is 14. The molecule has 1 aromatic heterocycles. The molecule has 0 aliphatic heterocycles. The van der Waals surface area contributed by atoms with Gasteiger partial charge in [-0.05, 0) is 79.8 Å². The summed E-state index contributed by atoms with van der Waals surface area (Å²) in [5, 5.41) is 3.08. The lowest BCUT2D eigenvalue weighted by molar-refractivity contribution is -0.117. The molecule has 0 saturated heterocycles. The van der Waals surface area contributed by atoms with Gasteiger partial charge in [-0.25, -0.2) is 0 Å². The van der Waals surface area contributed by atoms with Gasteiger partial charge in [-0.2, -0.15) is 0 Å². The van der Waals surface area contributed by atoms with E-state index in [1.165, 1.54) is 29.5 Å². The number of ether oxygens (including phenoxy) is 1. The number of aromatic nitrogens is 1. The summed E-state index contributed by atoms with van der Waals surface area (Å²) in [6.45, 7) is 8.59. The summed E-state index contributed by atoms with van der Waals surface area (Å²) in [4.78, 5) is 16.9. The second-order valence-corrected chi connectivity index (χ2v) is 9.28. The van der Waals surface area contributed by atoms with Gasteiger partial charge in [0, 0.05) is 24.0 Å². The minimum Gasteiger partial charge on any atom is -0.497 e. The molecule has 0 spiro atoms. The Morgan fingerprint density at radius 3 is 2.44 bits per heavy atom. The van der Waals surface area contributed by atoms with Gasteiger partial charge in [-0.3, -0.25) is 9.78 Å². The van der Waals surface area contributed by atoms with Crippen molar-refractivity contribution in [2.45, 2.75) is 84.6 Å². The Morgan fingerprint density at radius 1 is 1.06 bits per heavy atom. The van der Waals surface area contributed by atoms with Crippen molar-refractivity contribution >= 4 is 11.5 Å². The van der Waals surface area contributed by atoms with E-state index in [9.17, 15) is 4.79 Å². The number of amides is 1. The van der Waals surface area contributed by atoms with E-state index < -0.39 is 0 Å². The van der Waals surface area contributed by atoms with Gasteiger partial charge in [-0.15, -0.1) is 0 Å². The quantitative estimate of drug-likeness (QED) is 0.183. The van der Waals surface area contributed by atoms with Crippen LogP contribution in [0.25, 0.3) is 5.57 Å². The van der Waals surface area contributed by atoms with Crippen molar-refractivity contribution in [1.29, 1.82) is 0 Å². The summed E-state index contributed by atoms with van der Waals surface area (Å²) in [6.07, 6.45) is 15.0. The van der Waals surface area contributed by atoms with Crippen LogP contribution in [0.1, 0.15) is 89.0 Å². The predicted octanol–water partition coefficient (Wildman–Crippen LogP) is 7.26. The number of allylic oxidation sites excluding steroid dienone is 3. The Kier molecular flexibility index (Phi) is 12.2. The number of pyridine rings is 1. The number of nitrogens with zero attached hydrogens (tertiary/aromatic N) is 1. The maximum atomic E-state index is 12.4. The molecule has 0 radical (unpaired) electrons. The maximum Gasteiger partial charge on any atom is 0.244 e. The summed E-state index contributed by atoms with van der Waals surface area (Å²) < 4.78 is 5.27. The fourth-order valence-electron chi connectivity index (χ4n) is 3.85. The average Bonchev–Trinajstić information content (AvgIpc) is 2.83. The molecule has 1 N–H and O–H groups in total. The Hall–Kier alpha value is -2.88. The van der Waals surface area contributed by atoms with Crippen molar-refractivity contribution in [3.8, 4) is 5.75 Å². The molecule has 0 saturated carbocycles. The number of carbonyl (C=O) groups is 1. The second-order valence-electron chi connectivity index (χ2n) is 9.28. The molecule has 1 heterocycles. The second kappa shape index (κ2) is 15.1. The molecule has 0 aliphatic carbocycles. The largest absolute Gasteiger partial charge is 0.497 e. The number of methoxy groups -OCH3 is 1. The zero-order valence-electron chi connectivity index (χ0n) is 21.6. The van der Waals surface area contributed by atoms with Crippen LogP contribution in [0, 0.1) is 0 Å². The highest BCUT2D eigenvalue weighted by Crippen LogP contribution is 2.24. The molecule has 2 rings (SSSR count). The van der Waals surface area contributed by atoms with E-state index in [-0.39, 0.29) is 11.9 Å². The minimum absolute atomic E-state index is 0.0469. The number of carbonyl (C=O) groups excluding carboxylic acids is 1. The van der Waals surface area contributed by atoms with Crippen molar-refractivity contribution in [1.82, 2.24) is 10.3 Å². The van der Waals surface area contributed by atoms with Crippen LogP contribution in [0.4, 0.5) is 0 Å². The molecule has 2 aromatic rings. The number of nitrogens with one attached hydrogen (secondary N) is 1. The van der Waals surface area contributed by atoms with Crippen molar-refractivity contribution in [3.63, 3.8) is 0 Å². The Labute approximate surface area is 206 Å². The average molecular weight is 463 g/mol. The molecule has 0 bridgehead atoms. The third-order valence-electron chi connectivity index (χ3n) is 5.99. The summed E-state index contributed by atoms with van der Waals surface area (Å²) >= 11 is 0. The number of unbranched alkanes of at least 4 members (excludes halogenated alkanes) is 2. The summed E-state index contributed by atoms with van der Waals surface area (Å²) in [6, 6.07) is 12.5. The molecule has 0 unspecified atom stereocenters. The van der Waals surface area contributed by atoms with Crippen molar-refractivity contribution in [2.75, 3.05) is 7.11 Å². The van der Waals surface area contributed by atoms with Crippen LogP contribution in [-0.2, 0) is 11.2 Å². The smallest absolute Gasteiger partial charge is 0.244 e. The first-order valence-electron chi connectivity index (χ1n) is 12.7. The van der Waals surface area contributed by atoms with Crippen molar-refractivity contribution < 1.29 is 9.53 Å². The number of hydrogen-bond acceptors (Lipinski definition) is 3. The molecule has 0 aliphatic rings. The van der Waals surface area contributed by atoms with Gasteiger partial charge in [0.15, 0.2) is 0 Å². The molecular formula is C30H42N2O2. The minimum atomic E-state index is -0.0469. The highest BCUT2D eigenvalue weighted by atomic mass is 16.5. The van der Waals surface area contributed by atoms with Crippen LogP contribution in [0.5, 0.6) is 5.75 Å². The first kappa shape index (κ1) is 27.4. The molecule has 0 fully saturated rings. The van der Waals surface area contributed by atoms with Gasteiger partial charge in [0.25, 0.3) is 0 Å². The zero-order chi connectivity index (χ0) is 24.8. The lowest BCUT2D eigenvalue weighted by Gasteiger charge is -2.12. The van der Waals surface area contributed by atoms with Crippen molar-refractivity contribution in [3.05, 3.63) is 77.6 Å². The monoisotopic (exact) mass is 462 g/mol. The van der Waals surface area contributed by atoms with Crippen LogP contribution < -0.4 is 10.1 Å². The van der Waals surface area contributed by atoms with E-state index >= 15 is 0 Å². The Morgan fingerprint density at radius 2 is 1.82 bits per heavy atom. The van der Waals surface area contributed by atoms with Gasteiger partial charge in [0.2, 0.25) is 5.91 Å². The van der Waals surface area contributed by atoms with Crippen LogP contribution in [0.2, 0.25) is 0 Å². The van der Waals surface area contributed by atoms with Crippen LogP contribution >= 0.6 is 0 Å². The zero-order valence-corrected chi connectivity index (χ0v) is 21.6. The molecule has 1 atom stereocenters. The fourth-order valence-corrected chi connectivity index (χ4v) is 3.85. The molecule has 34 heavy (non-hydrogen) atoms. The van der Waals surface area contributed by atoms with Gasteiger partial charge in [0.1, 0.15) is 5.75 Å². The molecule has 4 heteroatoms. The third kappa shape index (κ3) is 9.94. The van der Waals surface area contributed by atoms with E-state index in [0.717, 1.165) is 43.5 Å². The lowest BCUT2D eigenvalue weighted by Crippen LogP contribution is -2.31. The lowest BCUT2D eigenvalue weighted by atomic mass is 9.99. The van der Waals surface area contributed by atoms with Crippen LogP contribution in [-0.4, -0.2) is 24.0 Å². The van der Waals surface area contributed by atoms with E-state index in [2.05, 4.69) is 68.3 Å². The predicted molar refractivity (Wildman–Crippen MR) is 143 cm³/mol. The van der Waals surface area contributed by atoms with Crippen molar-refractivity contribution in [2.24, 2.45) is 0 Å².